The zero-order chi connectivity index (χ0) is 23.3. The lowest BCUT2D eigenvalue weighted by Crippen LogP contribution is -2.61. The van der Waals surface area contributed by atoms with Gasteiger partial charge in [0.15, 0.2) is 0 Å². The van der Waals surface area contributed by atoms with Gasteiger partial charge in [-0.1, -0.05) is 22.0 Å². The van der Waals surface area contributed by atoms with Crippen molar-refractivity contribution >= 4 is 33.7 Å². The number of rotatable bonds is 7. The second kappa shape index (κ2) is 8.48. The average molecular weight is 501 g/mol. The van der Waals surface area contributed by atoms with Crippen LogP contribution in [0, 0.1) is 11.8 Å². The minimum Gasteiger partial charge on any atom is -0.466 e. The third-order valence-corrected chi connectivity index (χ3v) is 7.49. The first-order valence-electron chi connectivity index (χ1n) is 10.8. The van der Waals surface area contributed by atoms with Gasteiger partial charge in [-0.3, -0.25) is 14.4 Å². The van der Waals surface area contributed by atoms with Crippen LogP contribution >= 0.6 is 15.9 Å². The van der Waals surface area contributed by atoms with Gasteiger partial charge in [0.25, 0.3) is 0 Å². The highest BCUT2D eigenvalue weighted by Gasteiger charge is 2.77. The molecule has 0 aromatic carbocycles. The molecule has 3 rings (SSSR count). The molecular formula is C22H33BrN2O6. The van der Waals surface area contributed by atoms with Gasteiger partial charge in [0.1, 0.15) is 11.6 Å². The summed E-state index contributed by atoms with van der Waals surface area (Å²) in [5, 5.41) is 9.88. The maximum absolute atomic E-state index is 14.0. The predicted molar refractivity (Wildman–Crippen MR) is 117 cm³/mol. The molecule has 0 saturated carbocycles. The fourth-order valence-electron chi connectivity index (χ4n) is 5.39. The van der Waals surface area contributed by atoms with E-state index in [-0.39, 0.29) is 29.9 Å². The summed E-state index contributed by atoms with van der Waals surface area (Å²) in [5.74, 6) is -2.71. The Hall–Kier alpha value is -1.45. The number of aliphatic hydroxyl groups excluding tert-OH is 1. The zero-order valence-electron chi connectivity index (χ0n) is 18.8. The molecule has 174 valence electrons. The topological polar surface area (TPSA) is 96.4 Å². The van der Waals surface area contributed by atoms with Crippen LogP contribution in [0.2, 0.25) is 0 Å². The molecule has 3 heterocycles. The van der Waals surface area contributed by atoms with Crippen LogP contribution in [0.5, 0.6) is 0 Å². The van der Waals surface area contributed by atoms with E-state index in [1.165, 1.54) is 4.90 Å². The van der Waals surface area contributed by atoms with Gasteiger partial charge in [0.2, 0.25) is 11.8 Å². The number of ether oxygens (including phenoxy) is 2. The van der Waals surface area contributed by atoms with Gasteiger partial charge in [-0.2, -0.15) is 0 Å². The standard InChI is InChI=1S/C22H33BrN2O6/c1-7-9-24(21(4,5)6)19(28)17-22-10-13(23)16(31-22)14(20(29)30-8-2)15(22)18(27)25(17)12(3)11-26/h7,12-17,26H,1,8-11H2,2-6H3/t12-,13?,14+,15-,16+,17+,22-/m1/s1. The van der Waals surface area contributed by atoms with Crippen LogP contribution < -0.4 is 0 Å². The first-order valence-corrected chi connectivity index (χ1v) is 11.7. The van der Waals surface area contributed by atoms with Gasteiger partial charge in [0, 0.05) is 16.9 Å². The van der Waals surface area contributed by atoms with Gasteiger partial charge in [-0.05, 0) is 41.0 Å². The Bertz CT molecular complexity index is 768. The van der Waals surface area contributed by atoms with Gasteiger partial charge in [-0.25, -0.2) is 0 Å². The van der Waals surface area contributed by atoms with Gasteiger partial charge in [-0.15, -0.1) is 6.58 Å². The van der Waals surface area contributed by atoms with Crippen molar-refractivity contribution in [2.75, 3.05) is 19.8 Å². The maximum Gasteiger partial charge on any atom is 0.312 e. The number of esters is 1. The van der Waals surface area contributed by atoms with E-state index in [1.54, 1.807) is 24.8 Å². The smallest absolute Gasteiger partial charge is 0.312 e. The Kier molecular flexibility index (Phi) is 6.62. The van der Waals surface area contributed by atoms with Gasteiger partial charge >= 0.3 is 5.97 Å². The van der Waals surface area contributed by atoms with E-state index >= 15 is 0 Å². The number of amides is 2. The van der Waals surface area contributed by atoms with Crippen LogP contribution in [0.1, 0.15) is 41.0 Å². The zero-order valence-corrected chi connectivity index (χ0v) is 20.4. The van der Waals surface area contributed by atoms with Crippen molar-refractivity contribution < 1.29 is 29.0 Å². The van der Waals surface area contributed by atoms with Crippen molar-refractivity contribution in [1.82, 2.24) is 9.80 Å². The van der Waals surface area contributed by atoms with Gasteiger partial charge < -0.3 is 24.4 Å². The monoisotopic (exact) mass is 500 g/mol. The van der Waals surface area contributed by atoms with E-state index in [4.69, 9.17) is 9.47 Å². The number of fused-ring (bicyclic) bond motifs is 1. The van der Waals surface area contributed by atoms with Crippen LogP contribution in [-0.4, -0.2) is 86.6 Å². The number of hydrogen-bond acceptors (Lipinski definition) is 6. The van der Waals surface area contributed by atoms with Crippen LogP contribution in [0.15, 0.2) is 12.7 Å². The Morgan fingerprint density at radius 1 is 1.48 bits per heavy atom. The lowest BCUT2D eigenvalue weighted by atomic mass is 9.70. The number of carbonyl (C=O) groups is 3. The van der Waals surface area contributed by atoms with Crippen LogP contribution in [0.3, 0.4) is 0 Å². The average Bonchev–Trinajstić information content (AvgIpc) is 3.27. The number of likely N-dealkylation sites (tertiary alicyclic amines) is 1. The van der Waals surface area contributed by atoms with Crippen molar-refractivity contribution in [1.29, 1.82) is 0 Å². The lowest BCUT2D eigenvalue weighted by Gasteiger charge is -2.43. The molecule has 0 aromatic rings. The second-order valence-corrected chi connectivity index (χ2v) is 10.8. The summed E-state index contributed by atoms with van der Waals surface area (Å²) in [4.78, 5) is 43.4. The van der Waals surface area contributed by atoms with Crippen LogP contribution in [-0.2, 0) is 23.9 Å². The summed E-state index contributed by atoms with van der Waals surface area (Å²) in [7, 11) is 0. The highest BCUT2D eigenvalue weighted by Crippen LogP contribution is 2.60. The maximum atomic E-state index is 14.0. The Morgan fingerprint density at radius 3 is 2.65 bits per heavy atom. The summed E-state index contributed by atoms with van der Waals surface area (Å²) >= 11 is 3.61. The molecular weight excluding hydrogens is 468 g/mol. The Labute approximate surface area is 192 Å². The summed E-state index contributed by atoms with van der Waals surface area (Å²) in [6, 6.07) is -1.55. The molecule has 8 nitrogen and oxygen atoms in total. The van der Waals surface area contributed by atoms with E-state index in [0.717, 1.165) is 0 Å². The highest BCUT2D eigenvalue weighted by atomic mass is 79.9. The molecule has 3 saturated heterocycles. The third-order valence-electron chi connectivity index (χ3n) is 6.65. The summed E-state index contributed by atoms with van der Waals surface area (Å²) in [5.41, 5.74) is -1.68. The summed E-state index contributed by atoms with van der Waals surface area (Å²) < 4.78 is 11.7. The van der Waals surface area contributed by atoms with E-state index < -0.39 is 47.1 Å². The second-order valence-electron chi connectivity index (χ2n) is 9.60. The molecule has 3 fully saturated rings. The molecule has 1 spiro atoms. The highest BCUT2D eigenvalue weighted by molar-refractivity contribution is 9.09. The number of nitrogens with zero attached hydrogens (tertiary/aromatic N) is 2. The van der Waals surface area contributed by atoms with E-state index in [2.05, 4.69) is 22.5 Å². The first kappa shape index (κ1) is 24.2. The molecule has 1 N–H and O–H groups in total. The largest absolute Gasteiger partial charge is 0.466 e. The number of alkyl halides is 1. The molecule has 31 heavy (non-hydrogen) atoms. The van der Waals surface area contributed by atoms with Crippen molar-refractivity contribution in [2.45, 2.75) is 75.2 Å². The van der Waals surface area contributed by atoms with Crippen LogP contribution in [0.4, 0.5) is 0 Å². The molecule has 0 radical (unpaired) electrons. The number of aliphatic hydroxyl groups is 1. The lowest BCUT2D eigenvalue weighted by molar-refractivity contribution is -0.156. The normalized spacial score (nSPS) is 35.1. The summed E-state index contributed by atoms with van der Waals surface area (Å²) in [6.07, 6.45) is 1.52. The minimum atomic E-state index is -1.15. The molecule has 1 unspecified atom stereocenters. The Balaban J connectivity index is 2.13. The molecule has 7 atom stereocenters. The van der Waals surface area contributed by atoms with Crippen molar-refractivity contribution in [2.24, 2.45) is 11.8 Å². The van der Waals surface area contributed by atoms with Gasteiger partial charge in [0.05, 0.1) is 37.2 Å². The molecule has 2 bridgehead atoms. The number of halogens is 1. The van der Waals surface area contributed by atoms with E-state index in [0.29, 0.717) is 13.0 Å². The fourth-order valence-corrected chi connectivity index (χ4v) is 6.33. The summed E-state index contributed by atoms with van der Waals surface area (Å²) in [6.45, 7) is 13.1. The third kappa shape index (κ3) is 3.62. The quantitative estimate of drug-likeness (QED) is 0.323. The minimum absolute atomic E-state index is 0.187. The SMILES string of the molecule is C=CCN(C(=O)[C@@H]1N([C@H](C)CO)C(=O)[C@H]2[C@H](C(=O)OCC)[C@H]3O[C@@]12CC3Br)C(C)(C)C. The molecule has 0 aromatic heterocycles. The molecule has 3 aliphatic heterocycles. The van der Waals surface area contributed by atoms with Crippen molar-refractivity contribution in [3.05, 3.63) is 12.7 Å². The predicted octanol–water partition coefficient (Wildman–Crippen LogP) is 1.49. The Morgan fingerprint density at radius 2 is 2.13 bits per heavy atom. The molecule has 9 heteroatoms. The van der Waals surface area contributed by atoms with E-state index in [9.17, 15) is 19.5 Å². The fraction of sp³-hybridized carbons (Fsp3) is 0.773. The molecule has 0 aliphatic carbocycles. The van der Waals surface area contributed by atoms with Crippen LogP contribution in [0.25, 0.3) is 0 Å². The molecule has 2 amide bonds. The number of hydrogen-bond donors (Lipinski definition) is 1. The van der Waals surface area contributed by atoms with E-state index in [1.807, 2.05) is 20.8 Å². The van der Waals surface area contributed by atoms with Crippen molar-refractivity contribution in [3.8, 4) is 0 Å². The molecule has 3 aliphatic rings. The number of carbonyl (C=O) groups excluding carboxylic acids is 3. The first-order chi connectivity index (χ1) is 14.5. The van der Waals surface area contributed by atoms with Crippen molar-refractivity contribution in [3.63, 3.8) is 0 Å².